The van der Waals surface area contributed by atoms with Gasteiger partial charge in [-0.1, -0.05) is 56.0 Å². The SMILES string of the molecule is CC[C@H](C(=O)NC1CCCCC1)N(Cc1cccc(OC)c1)C(=O)COc1cccc(Cl)c1. The molecule has 6 nitrogen and oxygen atoms in total. The predicted molar refractivity (Wildman–Crippen MR) is 130 cm³/mol. The summed E-state index contributed by atoms with van der Waals surface area (Å²) in [5.41, 5.74) is 0.884. The van der Waals surface area contributed by atoms with Gasteiger partial charge in [-0.05, 0) is 55.2 Å². The highest BCUT2D eigenvalue weighted by atomic mass is 35.5. The topological polar surface area (TPSA) is 67.9 Å². The minimum Gasteiger partial charge on any atom is -0.497 e. The van der Waals surface area contributed by atoms with E-state index in [0.29, 0.717) is 22.9 Å². The molecule has 0 saturated heterocycles. The number of carbonyl (C=O) groups excluding carboxylic acids is 2. The maximum absolute atomic E-state index is 13.3. The lowest BCUT2D eigenvalue weighted by molar-refractivity contribution is -0.143. The lowest BCUT2D eigenvalue weighted by atomic mass is 9.95. The van der Waals surface area contributed by atoms with Crippen LogP contribution in [0.15, 0.2) is 48.5 Å². The number of nitrogens with one attached hydrogen (secondary N) is 1. The highest BCUT2D eigenvalue weighted by Crippen LogP contribution is 2.21. The van der Waals surface area contributed by atoms with Crippen LogP contribution in [0.3, 0.4) is 0 Å². The summed E-state index contributed by atoms with van der Waals surface area (Å²) in [5.74, 6) is 0.846. The lowest BCUT2D eigenvalue weighted by Gasteiger charge is -2.32. The molecule has 1 fully saturated rings. The molecule has 7 heteroatoms. The van der Waals surface area contributed by atoms with Crippen molar-refractivity contribution in [2.75, 3.05) is 13.7 Å². The van der Waals surface area contributed by atoms with Crippen molar-refractivity contribution in [3.63, 3.8) is 0 Å². The number of rotatable bonds is 10. The van der Waals surface area contributed by atoms with E-state index in [0.717, 1.165) is 31.2 Å². The normalized spacial score (nSPS) is 14.9. The van der Waals surface area contributed by atoms with Crippen molar-refractivity contribution < 1.29 is 19.1 Å². The molecule has 0 aromatic heterocycles. The fourth-order valence-electron chi connectivity index (χ4n) is 4.22. The van der Waals surface area contributed by atoms with E-state index in [4.69, 9.17) is 21.1 Å². The van der Waals surface area contributed by atoms with E-state index in [9.17, 15) is 9.59 Å². The van der Waals surface area contributed by atoms with Crippen molar-refractivity contribution >= 4 is 23.4 Å². The standard InChI is InChI=1S/C26H33ClN2O4/c1-3-24(26(31)28-21-11-5-4-6-12-21)29(17-19-9-7-13-22(15-19)32-2)25(30)18-33-23-14-8-10-20(27)16-23/h7-10,13-16,21,24H,3-6,11-12,17-18H2,1-2H3,(H,28,31)/t24-/m1/s1. The average Bonchev–Trinajstić information content (AvgIpc) is 2.83. The Hall–Kier alpha value is -2.73. The number of halogens is 1. The first-order chi connectivity index (χ1) is 16.0. The molecule has 1 saturated carbocycles. The van der Waals surface area contributed by atoms with E-state index in [2.05, 4.69) is 5.32 Å². The van der Waals surface area contributed by atoms with E-state index >= 15 is 0 Å². The number of nitrogens with zero attached hydrogens (tertiary/aromatic N) is 1. The van der Waals surface area contributed by atoms with Gasteiger partial charge in [0.1, 0.15) is 17.5 Å². The molecular weight excluding hydrogens is 440 g/mol. The van der Waals surface area contributed by atoms with Crippen LogP contribution in [0.5, 0.6) is 11.5 Å². The summed E-state index contributed by atoms with van der Waals surface area (Å²) in [5, 5.41) is 3.71. The van der Waals surface area contributed by atoms with Gasteiger partial charge >= 0.3 is 0 Å². The summed E-state index contributed by atoms with van der Waals surface area (Å²) in [6.07, 6.45) is 5.95. The predicted octanol–water partition coefficient (Wildman–Crippen LogP) is 4.98. The fraction of sp³-hybridized carbons (Fsp3) is 0.462. The summed E-state index contributed by atoms with van der Waals surface area (Å²) >= 11 is 6.03. The van der Waals surface area contributed by atoms with Crippen LogP contribution >= 0.6 is 11.6 Å². The van der Waals surface area contributed by atoms with Gasteiger partial charge in [0.2, 0.25) is 5.91 Å². The van der Waals surface area contributed by atoms with E-state index in [1.807, 2.05) is 31.2 Å². The minimum absolute atomic E-state index is 0.108. The van der Waals surface area contributed by atoms with Gasteiger partial charge in [0.25, 0.3) is 5.91 Å². The Morgan fingerprint density at radius 1 is 1.09 bits per heavy atom. The first-order valence-electron chi connectivity index (χ1n) is 11.6. The Balaban J connectivity index is 1.77. The van der Waals surface area contributed by atoms with E-state index in [-0.39, 0.29) is 31.0 Å². The van der Waals surface area contributed by atoms with Crippen LogP contribution < -0.4 is 14.8 Å². The number of methoxy groups -OCH3 is 1. The van der Waals surface area contributed by atoms with Crippen LogP contribution in [0.2, 0.25) is 5.02 Å². The van der Waals surface area contributed by atoms with Crippen molar-refractivity contribution in [1.82, 2.24) is 10.2 Å². The monoisotopic (exact) mass is 472 g/mol. The van der Waals surface area contributed by atoms with Gasteiger partial charge in [0.05, 0.1) is 7.11 Å². The zero-order chi connectivity index (χ0) is 23.6. The third-order valence-electron chi connectivity index (χ3n) is 5.98. The van der Waals surface area contributed by atoms with Gasteiger partial charge in [-0.2, -0.15) is 0 Å². The summed E-state index contributed by atoms with van der Waals surface area (Å²) in [4.78, 5) is 28.2. The number of amides is 2. The average molecular weight is 473 g/mol. The molecule has 2 aromatic rings. The van der Waals surface area contributed by atoms with E-state index in [1.54, 1.807) is 36.3 Å². The van der Waals surface area contributed by atoms with Crippen LogP contribution in [-0.4, -0.2) is 42.5 Å². The van der Waals surface area contributed by atoms with Gasteiger partial charge < -0.3 is 19.7 Å². The first kappa shape index (κ1) is 24.9. The largest absolute Gasteiger partial charge is 0.497 e. The molecular formula is C26H33ClN2O4. The molecule has 0 aliphatic heterocycles. The zero-order valence-electron chi connectivity index (χ0n) is 19.4. The van der Waals surface area contributed by atoms with Gasteiger partial charge in [0, 0.05) is 17.6 Å². The lowest BCUT2D eigenvalue weighted by Crippen LogP contribution is -2.52. The van der Waals surface area contributed by atoms with Crippen LogP contribution in [0.25, 0.3) is 0 Å². The molecule has 0 heterocycles. The molecule has 1 aliphatic rings. The summed E-state index contributed by atoms with van der Waals surface area (Å²) in [6, 6.07) is 14.0. The third-order valence-corrected chi connectivity index (χ3v) is 6.22. The minimum atomic E-state index is -0.589. The van der Waals surface area contributed by atoms with E-state index in [1.165, 1.54) is 6.42 Å². The van der Waals surface area contributed by atoms with Crippen molar-refractivity contribution in [3.8, 4) is 11.5 Å². The highest BCUT2D eigenvalue weighted by molar-refractivity contribution is 6.30. The Labute approximate surface area is 201 Å². The van der Waals surface area contributed by atoms with Crippen LogP contribution in [-0.2, 0) is 16.1 Å². The van der Waals surface area contributed by atoms with Crippen molar-refractivity contribution in [2.45, 2.75) is 64.1 Å². The molecule has 178 valence electrons. The van der Waals surface area contributed by atoms with Crippen molar-refractivity contribution in [2.24, 2.45) is 0 Å². The maximum Gasteiger partial charge on any atom is 0.261 e. The first-order valence-corrected chi connectivity index (χ1v) is 12.0. The van der Waals surface area contributed by atoms with Crippen LogP contribution in [0.1, 0.15) is 51.0 Å². The van der Waals surface area contributed by atoms with Gasteiger partial charge in [-0.25, -0.2) is 0 Å². The maximum atomic E-state index is 13.3. The van der Waals surface area contributed by atoms with Crippen LogP contribution in [0, 0.1) is 0 Å². The molecule has 33 heavy (non-hydrogen) atoms. The van der Waals surface area contributed by atoms with E-state index < -0.39 is 6.04 Å². The van der Waals surface area contributed by atoms with Gasteiger partial charge in [0.15, 0.2) is 6.61 Å². The molecule has 2 amide bonds. The molecule has 1 aliphatic carbocycles. The number of benzene rings is 2. The second-order valence-corrected chi connectivity index (χ2v) is 8.82. The summed E-state index contributed by atoms with van der Waals surface area (Å²) in [7, 11) is 1.60. The molecule has 1 atom stereocenters. The summed E-state index contributed by atoms with van der Waals surface area (Å²) in [6.45, 7) is 2.03. The highest BCUT2D eigenvalue weighted by Gasteiger charge is 2.30. The van der Waals surface area contributed by atoms with Crippen molar-refractivity contribution in [3.05, 3.63) is 59.1 Å². The zero-order valence-corrected chi connectivity index (χ0v) is 20.1. The smallest absolute Gasteiger partial charge is 0.261 e. The van der Waals surface area contributed by atoms with Crippen molar-refractivity contribution in [1.29, 1.82) is 0 Å². The molecule has 3 rings (SSSR count). The number of hydrogen-bond acceptors (Lipinski definition) is 4. The quantitative estimate of drug-likeness (QED) is 0.529. The number of hydrogen-bond donors (Lipinski definition) is 1. The molecule has 0 radical (unpaired) electrons. The van der Waals surface area contributed by atoms with Crippen LogP contribution in [0.4, 0.5) is 0 Å². The Morgan fingerprint density at radius 3 is 2.52 bits per heavy atom. The second kappa shape index (κ2) is 12.5. The molecule has 2 aromatic carbocycles. The molecule has 1 N–H and O–H groups in total. The number of ether oxygens (including phenoxy) is 2. The second-order valence-electron chi connectivity index (χ2n) is 8.39. The molecule has 0 unspecified atom stereocenters. The Morgan fingerprint density at radius 2 is 1.82 bits per heavy atom. The molecule has 0 bridgehead atoms. The molecule has 0 spiro atoms. The number of carbonyl (C=O) groups is 2. The fourth-order valence-corrected chi connectivity index (χ4v) is 4.40. The van der Waals surface area contributed by atoms with Gasteiger partial charge in [-0.15, -0.1) is 0 Å². The Bertz CT molecular complexity index is 930. The summed E-state index contributed by atoms with van der Waals surface area (Å²) < 4.78 is 11.0. The Kier molecular flexibility index (Phi) is 9.43. The van der Waals surface area contributed by atoms with Gasteiger partial charge in [-0.3, -0.25) is 9.59 Å². The third kappa shape index (κ3) is 7.39.